The van der Waals surface area contributed by atoms with Crippen LogP contribution in [0.1, 0.15) is 16.7 Å². The number of aryl methyl sites for hydroxylation is 1. The van der Waals surface area contributed by atoms with Gasteiger partial charge in [-0.2, -0.15) is 0 Å². The smallest absolute Gasteiger partial charge is 0.335 e. The summed E-state index contributed by atoms with van der Waals surface area (Å²) in [6.07, 6.45) is 1.37. The highest BCUT2D eigenvalue weighted by Crippen LogP contribution is 2.36. The number of anilines is 1. The predicted molar refractivity (Wildman–Crippen MR) is 139 cm³/mol. The standard InChI is InChI=1S/C26H19Br2FN2O5/c1-14-9-18(7-8-20(14)27)31-25(33)19(24(32)30-26(31)34)10-16-11-22(35-2)23(12-21(16)28)36-13-15-3-5-17(29)6-4-15/h3-12H,13H2,1-2H3,(H,30,32,34)/b19-10+. The maximum absolute atomic E-state index is 13.2. The minimum atomic E-state index is -0.829. The van der Waals surface area contributed by atoms with Crippen molar-refractivity contribution in [2.45, 2.75) is 13.5 Å². The van der Waals surface area contributed by atoms with E-state index in [0.717, 1.165) is 20.5 Å². The number of benzene rings is 3. The Morgan fingerprint density at radius 1 is 0.972 bits per heavy atom. The minimum absolute atomic E-state index is 0.175. The zero-order valence-electron chi connectivity index (χ0n) is 19.1. The van der Waals surface area contributed by atoms with E-state index < -0.39 is 17.8 Å². The number of urea groups is 1. The number of carbonyl (C=O) groups is 3. The molecule has 0 aromatic heterocycles. The van der Waals surface area contributed by atoms with Gasteiger partial charge in [0.15, 0.2) is 11.5 Å². The molecule has 1 aliphatic heterocycles. The fourth-order valence-electron chi connectivity index (χ4n) is 3.49. The Balaban J connectivity index is 1.64. The van der Waals surface area contributed by atoms with Crippen LogP contribution in [0.2, 0.25) is 0 Å². The molecule has 0 spiro atoms. The van der Waals surface area contributed by atoms with Gasteiger partial charge in [0.25, 0.3) is 11.8 Å². The van der Waals surface area contributed by atoms with Crippen LogP contribution in [0, 0.1) is 12.7 Å². The molecule has 0 aliphatic carbocycles. The summed E-state index contributed by atoms with van der Waals surface area (Å²) in [5, 5.41) is 2.21. The molecule has 1 heterocycles. The Kier molecular flexibility index (Phi) is 7.56. The van der Waals surface area contributed by atoms with Crippen molar-refractivity contribution in [3.05, 3.63) is 91.6 Å². The van der Waals surface area contributed by atoms with Crippen molar-refractivity contribution < 1.29 is 28.2 Å². The molecule has 10 heteroatoms. The molecule has 3 aromatic carbocycles. The molecule has 1 N–H and O–H groups in total. The second kappa shape index (κ2) is 10.6. The van der Waals surface area contributed by atoms with E-state index in [1.807, 2.05) is 6.92 Å². The average molecular weight is 618 g/mol. The van der Waals surface area contributed by atoms with Crippen LogP contribution in [0.4, 0.5) is 14.9 Å². The summed E-state index contributed by atoms with van der Waals surface area (Å²) in [4.78, 5) is 39.2. The molecule has 4 rings (SSSR count). The first-order valence-electron chi connectivity index (χ1n) is 10.6. The Morgan fingerprint density at radius 2 is 1.69 bits per heavy atom. The van der Waals surface area contributed by atoms with Gasteiger partial charge in [-0.15, -0.1) is 0 Å². The van der Waals surface area contributed by atoms with Crippen LogP contribution in [0.5, 0.6) is 11.5 Å². The van der Waals surface area contributed by atoms with Crippen LogP contribution >= 0.6 is 31.9 Å². The zero-order valence-corrected chi connectivity index (χ0v) is 22.3. The third-order valence-corrected chi connectivity index (χ3v) is 6.97. The quantitative estimate of drug-likeness (QED) is 0.274. The first-order valence-corrected chi connectivity index (χ1v) is 12.2. The second-order valence-electron chi connectivity index (χ2n) is 7.83. The molecule has 0 bridgehead atoms. The molecular formula is C26H19Br2FN2O5. The first-order chi connectivity index (χ1) is 17.2. The van der Waals surface area contributed by atoms with Crippen LogP contribution in [-0.4, -0.2) is 25.0 Å². The van der Waals surface area contributed by atoms with Gasteiger partial charge >= 0.3 is 6.03 Å². The predicted octanol–water partition coefficient (Wildman–Crippen LogP) is 5.91. The van der Waals surface area contributed by atoms with Crippen LogP contribution in [0.3, 0.4) is 0 Å². The molecule has 3 aromatic rings. The number of halogens is 3. The van der Waals surface area contributed by atoms with Crippen molar-refractivity contribution in [1.82, 2.24) is 5.32 Å². The van der Waals surface area contributed by atoms with Crippen LogP contribution in [0.15, 0.2) is 69.1 Å². The molecule has 36 heavy (non-hydrogen) atoms. The fourth-order valence-corrected chi connectivity index (χ4v) is 4.17. The highest BCUT2D eigenvalue weighted by atomic mass is 79.9. The topological polar surface area (TPSA) is 84.9 Å². The number of nitrogens with zero attached hydrogens (tertiary/aromatic N) is 1. The summed E-state index contributed by atoms with van der Waals surface area (Å²) >= 11 is 6.84. The Hall–Kier alpha value is -3.50. The Bertz CT molecular complexity index is 1410. The van der Waals surface area contributed by atoms with Crippen molar-refractivity contribution in [1.29, 1.82) is 0 Å². The maximum atomic E-state index is 13.2. The molecule has 0 atom stereocenters. The SMILES string of the molecule is COc1cc(/C=C2\C(=O)NC(=O)N(c3ccc(Br)c(C)c3)C2=O)c(Br)cc1OCc1ccc(F)cc1. The van der Waals surface area contributed by atoms with Gasteiger partial charge in [-0.1, -0.05) is 44.0 Å². The van der Waals surface area contributed by atoms with Gasteiger partial charge in [-0.25, -0.2) is 14.1 Å². The van der Waals surface area contributed by atoms with Crippen molar-refractivity contribution >= 4 is 61.5 Å². The number of ether oxygens (including phenoxy) is 2. The number of methoxy groups -OCH3 is 1. The lowest BCUT2D eigenvalue weighted by Gasteiger charge is -2.27. The lowest BCUT2D eigenvalue weighted by molar-refractivity contribution is -0.122. The molecule has 1 fully saturated rings. The molecule has 4 amide bonds. The van der Waals surface area contributed by atoms with Crippen LogP contribution in [0.25, 0.3) is 6.08 Å². The molecule has 1 aliphatic rings. The molecule has 1 saturated heterocycles. The minimum Gasteiger partial charge on any atom is -0.493 e. The summed E-state index contributed by atoms with van der Waals surface area (Å²) < 4.78 is 25.7. The number of rotatable bonds is 6. The fraction of sp³-hybridized carbons (Fsp3) is 0.115. The summed E-state index contributed by atoms with van der Waals surface area (Å²) in [6, 6.07) is 13.3. The number of hydrogen-bond donors (Lipinski definition) is 1. The number of hydrogen-bond acceptors (Lipinski definition) is 5. The maximum Gasteiger partial charge on any atom is 0.335 e. The van der Waals surface area contributed by atoms with Gasteiger partial charge in [-0.3, -0.25) is 14.9 Å². The van der Waals surface area contributed by atoms with Crippen molar-refractivity contribution in [3.63, 3.8) is 0 Å². The Labute approximate surface area is 223 Å². The number of imide groups is 2. The van der Waals surface area contributed by atoms with E-state index in [1.165, 1.54) is 25.3 Å². The van der Waals surface area contributed by atoms with Gasteiger partial charge in [0, 0.05) is 8.95 Å². The van der Waals surface area contributed by atoms with Crippen molar-refractivity contribution in [3.8, 4) is 11.5 Å². The number of barbiturate groups is 1. The van der Waals surface area contributed by atoms with Crippen LogP contribution < -0.4 is 19.7 Å². The summed E-state index contributed by atoms with van der Waals surface area (Å²) in [5.74, 6) is -1.15. The third-order valence-electron chi connectivity index (χ3n) is 5.39. The highest BCUT2D eigenvalue weighted by Gasteiger charge is 2.37. The average Bonchev–Trinajstić information content (AvgIpc) is 2.84. The summed E-state index contributed by atoms with van der Waals surface area (Å²) in [5.41, 5.74) is 2.15. The van der Waals surface area contributed by atoms with E-state index in [0.29, 0.717) is 27.2 Å². The zero-order chi connectivity index (χ0) is 26.0. The summed E-state index contributed by atoms with van der Waals surface area (Å²) in [6.45, 7) is 2.00. The van der Waals surface area contributed by atoms with E-state index in [-0.39, 0.29) is 18.0 Å². The molecule has 0 saturated carbocycles. The normalized spacial score (nSPS) is 14.8. The van der Waals surface area contributed by atoms with Crippen molar-refractivity contribution in [2.24, 2.45) is 0 Å². The van der Waals surface area contributed by atoms with Gasteiger partial charge in [0.2, 0.25) is 0 Å². The van der Waals surface area contributed by atoms with E-state index in [4.69, 9.17) is 9.47 Å². The van der Waals surface area contributed by atoms with E-state index in [1.54, 1.807) is 42.5 Å². The van der Waals surface area contributed by atoms with Gasteiger partial charge < -0.3 is 9.47 Å². The molecule has 184 valence electrons. The van der Waals surface area contributed by atoms with Crippen molar-refractivity contribution in [2.75, 3.05) is 12.0 Å². The van der Waals surface area contributed by atoms with Gasteiger partial charge in [0.1, 0.15) is 18.0 Å². The van der Waals surface area contributed by atoms with Gasteiger partial charge in [0.05, 0.1) is 12.8 Å². The summed E-state index contributed by atoms with van der Waals surface area (Å²) in [7, 11) is 1.46. The first kappa shape index (κ1) is 25.6. The van der Waals surface area contributed by atoms with E-state index >= 15 is 0 Å². The van der Waals surface area contributed by atoms with Gasteiger partial charge in [-0.05, 0) is 72.2 Å². The molecule has 0 radical (unpaired) electrons. The largest absolute Gasteiger partial charge is 0.493 e. The van der Waals surface area contributed by atoms with Crippen LogP contribution in [-0.2, 0) is 16.2 Å². The lowest BCUT2D eigenvalue weighted by Crippen LogP contribution is -2.54. The molecule has 0 unspecified atom stereocenters. The lowest BCUT2D eigenvalue weighted by atomic mass is 10.1. The Morgan fingerprint density at radius 3 is 2.36 bits per heavy atom. The van der Waals surface area contributed by atoms with E-state index in [9.17, 15) is 18.8 Å². The van der Waals surface area contributed by atoms with E-state index in [2.05, 4.69) is 37.2 Å². The highest BCUT2D eigenvalue weighted by molar-refractivity contribution is 9.10. The number of nitrogens with one attached hydrogen (secondary N) is 1. The number of carbonyl (C=O) groups excluding carboxylic acids is 3. The monoisotopic (exact) mass is 616 g/mol. The third kappa shape index (κ3) is 5.34. The molecular weight excluding hydrogens is 599 g/mol. The number of amides is 4. The second-order valence-corrected chi connectivity index (χ2v) is 9.54. The molecule has 7 nitrogen and oxygen atoms in total.